The van der Waals surface area contributed by atoms with Crippen LogP contribution in [-0.2, 0) is 27.2 Å². The average molecular weight is 674 g/mol. The van der Waals surface area contributed by atoms with Crippen LogP contribution in [0.5, 0.6) is 0 Å². The predicted molar refractivity (Wildman–Crippen MR) is 188 cm³/mol. The Morgan fingerprint density at radius 1 is 0.957 bits per heavy atom. The molecule has 3 amide bonds. The maximum absolute atomic E-state index is 13.6. The first-order valence-electron chi connectivity index (χ1n) is 15.6. The number of nitrogens with zero attached hydrogens (tertiary/aromatic N) is 1. The van der Waals surface area contributed by atoms with Gasteiger partial charge >= 0.3 is 12.1 Å². The molecule has 0 fully saturated rings. The summed E-state index contributed by atoms with van der Waals surface area (Å²) >= 11 is 2.67. The SMILES string of the molecule is CCOC(=O)c1c(NC(=O)C(CC)Sc2cccc(NC(=O)c3ccc4ccccc4c3)c2)sc2c1CCN(C(=O)OC(C)(C)C)C2. The largest absolute Gasteiger partial charge is 0.462 e. The Balaban J connectivity index is 1.29. The molecule has 47 heavy (non-hydrogen) atoms. The van der Waals surface area contributed by atoms with Gasteiger partial charge in [-0.3, -0.25) is 9.59 Å². The van der Waals surface area contributed by atoms with E-state index >= 15 is 0 Å². The van der Waals surface area contributed by atoms with Crippen molar-refractivity contribution in [3.63, 3.8) is 0 Å². The molecule has 1 unspecified atom stereocenters. The number of hydrogen-bond acceptors (Lipinski definition) is 8. The molecule has 1 aromatic heterocycles. The molecule has 2 N–H and O–H groups in total. The van der Waals surface area contributed by atoms with Gasteiger partial charge in [0.2, 0.25) is 5.91 Å². The van der Waals surface area contributed by atoms with E-state index < -0.39 is 22.9 Å². The molecule has 0 bridgehead atoms. The van der Waals surface area contributed by atoms with E-state index in [1.54, 1.807) is 17.9 Å². The molecule has 4 aromatic rings. The maximum Gasteiger partial charge on any atom is 0.410 e. The van der Waals surface area contributed by atoms with E-state index in [-0.39, 0.29) is 25.0 Å². The molecule has 1 atom stereocenters. The molecule has 1 aliphatic heterocycles. The highest BCUT2D eigenvalue weighted by Gasteiger charge is 2.33. The van der Waals surface area contributed by atoms with Gasteiger partial charge in [-0.15, -0.1) is 23.1 Å². The van der Waals surface area contributed by atoms with Crippen LogP contribution in [0.25, 0.3) is 10.8 Å². The summed E-state index contributed by atoms with van der Waals surface area (Å²) in [5.41, 5.74) is 1.68. The summed E-state index contributed by atoms with van der Waals surface area (Å²) in [5.74, 6) is -0.973. The highest BCUT2D eigenvalue weighted by atomic mass is 32.2. The van der Waals surface area contributed by atoms with Gasteiger partial charge in [0.05, 0.1) is 24.0 Å². The van der Waals surface area contributed by atoms with Crippen molar-refractivity contribution in [3.05, 3.63) is 88.3 Å². The van der Waals surface area contributed by atoms with Crippen LogP contribution in [-0.4, -0.2) is 52.8 Å². The van der Waals surface area contributed by atoms with Crippen LogP contribution in [0.15, 0.2) is 71.6 Å². The van der Waals surface area contributed by atoms with Crippen molar-refractivity contribution >= 4 is 68.4 Å². The number of anilines is 2. The minimum absolute atomic E-state index is 0.196. The zero-order valence-corrected chi connectivity index (χ0v) is 28.8. The molecule has 0 radical (unpaired) electrons. The van der Waals surface area contributed by atoms with Crippen molar-refractivity contribution < 1.29 is 28.7 Å². The molecule has 3 aromatic carbocycles. The lowest BCUT2D eigenvalue weighted by Crippen LogP contribution is -2.39. The number of esters is 1. The fourth-order valence-corrected chi connectivity index (χ4v) is 7.52. The zero-order chi connectivity index (χ0) is 33.7. The van der Waals surface area contributed by atoms with E-state index in [0.29, 0.717) is 41.2 Å². The summed E-state index contributed by atoms with van der Waals surface area (Å²) < 4.78 is 10.9. The number of carbonyl (C=O) groups is 4. The van der Waals surface area contributed by atoms with E-state index in [9.17, 15) is 19.2 Å². The third kappa shape index (κ3) is 8.33. The van der Waals surface area contributed by atoms with Gasteiger partial charge in [-0.05, 0) is 87.2 Å². The summed E-state index contributed by atoms with van der Waals surface area (Å²) in [5, 5.41) is 7.95. The summed E-state index contributed by atoms with van der Waals surface area (Å²) in [6.45, 7) is 9.98. The van der Waals surface area contributed by atoms with Crippen molar-refractivity contribution in [2.24, 2.45) is 0 Å². The van der Waals surface area contributed by atoms with Gasteiger partial charge < -0.3 is 25.0 Å². The van der Waals surface area contributed by atoms with E-state index in [1.165, 1.54) is 23.1 Å². The predicted octanol–water partition coefficient (Wildman–Crippen LogP) is 8.13. The molecule has 9 nitrogen and oxygen atoms in total. The first-order valence-corrected chi connectivity index (χ1v) is 17.3. The van der Waals surface area contributed by atoms with Crippen LogP contribution >= 0.6 is 23.1 Å². The van der Waals surface area contributed by atoms with Crippen molar-refractivity contribution in [2.75, 3.05) is 23.8 Å². The van der Waals surface area contributed by atoms with Crippen molar-refractivity contribution in [2.45, 2.75) is 69.8 Å². The molecule has 2 heterocycles. The molecule has 5 rings (SSSR count). The van der Waals surface area contributed by atoms with E-state index in [4.69, 9.17) is 9.47 Å². The van der Waals surface area contributed by atoms with Gasteiger partial charge in [-0.1, -0.05) is 43.3 Å². The third-order valence-electron chi connectivity index (χ3n) is 7.47. The molecular formula is C36H39N3O6S2. The number of carbonyl (C=O) groups excluding carboxylic acids is 4. The Hall–Kier alpha value is -4.35. The smallest absolute Gasteiger partial charge is 0.410 e. The summed E-state index contributed by atoms with van der Waals surface area (Å²) in [6.07, 6.45) is 0.549. The van der Waals surface area contributed by atoms with Gasteiger partial charge in [0.25, 0.3) is 5.91 Å². The highest BCUT2D eigenvalue weighted by molar-refractivity contribution is 8.00. The molecule has 246 valence electrons. The van der Waals surface area contributed by atoms with Crippen molar-refractivity contribution in [1.29, 1.82) is 0 Å². The third-order valence-corrected chi connectivity index (χ3v) is 9.96. The molecule has 0 saturated carbocycles. The van der Waals surface area contributed by atoms with Crippen molar-refractivity contribution in [3.8, 4) is 0 Å². The first kappa shape index (κ1) is 34.0. The Morgan fingerprint density at radius 2 is 1.72 bits per heavy atom. The second-order valence-electron chi connectivity index (χ2n) is 12.1. The average Bonchev–Trinajstić information content (AvgIpc) is 3.39. The number of ether oxygens (including phenoxy) is 2. The van der Waals surface area contributed by atoms with E-state index in [0.717, 1.165) is 26.1 Å². The van der Waals surface area contributed by atoms with Gasteiger partial charge in [-0.25, -0.2) is 9.59 Å². The molecule has 11 heteroatoms. The fourth-order valence-electron chi connectivity index (χ4n) is 5.25. The van der Waals surface area contributed by atoms with Crippen LogP contribution in [0.2, 0.25) is 0 Å². The van der Waals surface area contributed by atoms with Crippen molar-refractivity contribution in [1.82, 2.24) is 4.90 Å². The number of benzene rings is 3. The number of hydrogen-bond donors (Lipinski definition) is 2. The number of thiophene rings is 1. The van der Waals surface area contributed by atoms with Gasteiger partial charge in [0.15, 0.2) is 0 Å². The zero-order valence-electron chi connectivity index (χ0n) is 27.2. The van der Waals surface area contributed by atoms with Gasteiger partial charge in [0, 0.05) is 27.6 Å². The number of nitrogens with one attached hydrogen (secondary N) is 2. The molecule has 0 aliphatic carbocycles. The van der Waals surface area contributed by atoms with Crippen LogP contribution in [0.4, 0.5) is 15.5 Å². The Labute approximate surface area is 283 Å². The van der Waals surface area contributed by atoms with Crippen LogP contribution < -0.4 is 10.6 Å². The van der Waals surface area contributed by atoms with E-state index in [2.05, 4.69) is 10.6 Å². The van der Waals surface area contributed by atoms with Gasteiger partial charge in [0.1, 0.15) is 10.6 Å². The number of thioether (sulfide) groups is 1. The number of amides is 3. The Morgan fingerprint density at radius 3 is 2.45 bits per heavy atom. The molecule has 0 saturated heterocycles. The molecule has 0 spiro atoms. The minimum Gasteiger partial charge on any atom is -0.462 e. The summed E-state index contributed by atoms with van der Waals surface area (Å²) in [7, 11) is 0. The Bertz CT molecular complexity index is 1810. The number of fused-ring (bicyclic) bond motifs is 2. The second-order valence-corrected chi connectivity index (χ2v) is 14.5. The standard InChI is InChI=1S/C36H39N3O6S2/c1-6-28(46-26-14-10-13-25(20-26)37-31(40)24-16-15-22-11-8-9-12-23(22)19-24)32(41)38-33-30(34(42)44-7-2)27-17-18-39(21-29(27)47-33)35(43)45-36(3,4)5/h8-16,19-20,28H,6-7,17-18,21H2,1-5H3,(H,37,40)(H,38,41). The molecule has 1 aliphatic rings. The lowest BCUT2D eigenvalue weighted by molar-refractivity contribution is -0.115. The highest BCUT2D eigenvalue weighted by Crippen LogP contribution is 2.39. The topological polar surface area (TPSA) is 114 Å². The molecular weight excluding hydrogens is 635 g/mol. The summed E-state index contributed by atoms with van der Waals surface area (Å²) in [6, 6.07) is 20.9. The quantitative estimate of drug-likeness (QED) is 0.136. The normalized spacial score (nSPS) is 13.4. The minimum atomic E-state index is -0.628. The lowest BCUT2D eigenvalue weighted by atomic mass is 10.0. The first-order chi connectivity index (χ1) is 22.5. The van der Waals surface area contributed by atoms with Crippen LogP contribution in [0.3, 0.4) is 0 Å². The van der Waals surface area contributed by atoms with Crippen LogP contribution in [0, 0.1) is 0 Å². The maximum atomic E-state index is 13.6. The van der Waals surface area contributed by atoms with Gasteiger partial charge in [-0.2, -0.15) is 0 Å². The second kappa shape index (κ2) is 14.6. The Kier molecular flexibility index (Phi) is 10.6. The lowest BCUT2D eigenvalue weighted by Gasteiger charge is -2.30. The summed E-state index contributed by atoms with van der Waals surface area (Å²) in [4.78, 5) is 55.8. The number of rotatable bonds is 9. The fraction of sp³-hybridized carbons (Fsp3) is 0.333. The van der Waals surface area contributed by atoms with Crippen LogP contribution in [0.1, 0.15) is 72.2 Å². The van der Waals surface area contributed by atoms with E-state index in [1.807, 2.05) is 88.4 Å². The monoisotopic (exact) mass is 673 g/mol.